The van der Waals surface area contributed by atoms with Crippen LogP contribution in [0.4, 0.5) is 8.78 Å². The molecule has 7 nitrogen and oxygen atoms in total. The van der Waals surface area contributed by atoms with Crippen LogP contribution in [-0.2, 0) is 13.1 Å². The number of guanidine groups is 1. The van der Waals surface area contributed by atoms with Gasteiger partial charge in [0.15, 0.2) is 5.96 Å². The zero-order chi connectivity index (χ0) is 20.5. The van der Waals surface area contributed by atoms with Gasteiger partial charge in [0.2, 0.25) is 5.89 Å². The van der Waals surface area contributed by atoms with Crippen molar-refractivity contribution in [3.63, 3.8) is 0 Å². The SMILES string of the molecule is CCCOc1ccc(CNC(=NC)NCc2nc(C)c(C)o2)c(OC(F)F)c1. The molecule has 0 bridgehead atoms. The van der Waals surface area contributed by atoms with Crippen LogP contribution in [0.1, 0.15) is 36.3 Å². The third kappa shape index (κ3) is 6.40. The summed E-state index contributed by atoms with van der Waals surface area (Å²) in [7, 11) is 1.61. The average Bonchev–Trinajstić information content (AvgIpc) is 2.98. The molecule has 0 radical (unpaired) electrons. The number of nitrogens with one attached hydrogen (secondary N) is 2. The molecule has 154 valence electrons. The van der Waals surface area contributed by atoms with Crippen LogP contribution >= 0.6 is 0 Å². The highest BCUT2D eigenvalue weighted by atomic mass is 19.3. The van der Waals surface area contributed by atoms with Crippen LogP contribution in [0.5, 0.6) is 11.5 Å². The van der Waals surface area contributed by atoms with Crippen molar-refractivity contribution in [1.82, 2.24) is 15.6 Å². The van der Waals surface area contributed by atoms with Crippen LogP contribution in [0.15, 0.2) is 27.6 Å². The van der Waals surface area contributed by atoms with Gasteiger partial charge in [-0.2, -0.15) is 8.78 Å². The molecule has 9 heteroatoms. The first kappa shape index (κ1) is 21.5. The van der Waals surface area contributed by atoms with Crippen LogP contribution in [0.25, 0.3) is 0 Å². The highest BCUT2D eigenvalue weighted by Gasteiger charge is 2.12. The minimum atomic E-state index is -2.92. The van der Waals surface area contributed by atoms with Crippen molar-refractivity contribution in [1.29, 1.82) is 0 Å². The summed E-state index contributed by atoms with van der Waals surface area (Å²) in [6.07, 6.45) is 0.819. The summed E-state index contributed by atoms with van der Waals surface area (Å²) < 4.78 is 41.1. The van der Waals surface area contributed by atoms with E-state index < -0.39 is 6.61 Å². The van der Waals surface area contributed by atoms with Crippen LogP contribution < -0.4 is 20.1 Å². The lowest BCUT2D eigenvalue weighted by atomic mass is 10.2. The zero-order valence-electron chi connectivity index (χ0n) is 16.5. The monoisotopic (exact) mass is 396 g/mol. The van der Waals surface area contributed by atoms with Crippen molar-refractivity contribution < 1.29 is 22.7 Å². The van der Waals surface area contributed by atoms with Gasteiger partial charge in [-0.15, -0.1) is 0 Å². The van der Waals surface area contributed by atoms with Crippen LogP contribution in [-0.4, -0.2) is 31.2 Å². The molecule has 1 aromatic heterocycles. The van der Waals surface area contributed by atoms with E-state index in [9.17, 15) is 8.78 Å². The van der Waals surface area contributed by atoms with Crippen molar-refractivity contribution >= 4 is 5.96 Å². The van der Waals surface area contributed by atoms with E-state index in [0.29, 0.717) is 36.3 Å². The van der Waals surface area contributed by atoms with Gasteiger partial charge in [-0.25, -0.2) is 4.98 Å². The van der Waals surface area contributed by atoms with E-state index in [2.05, 4.69) is 25.3 Å². The third-order valence-electron chi connectivity index (χ3n) is 3.88. The summed E-state index contributed by atoms with van der Waals surface area (Å²) in [6.45, 7) is 3.84. The minimum absolute atomic E-state index is 0.0607. The van der Waals surface area contributed by atoms with Crippen LogP contribution in [0.2, 0.25) is 0 Å². The number of aromatic nitrogens is 1. The Bertz CT molecular complexity index is 774. The fourth-order valence-corrected chi connectivity index (χ4v) is 2.37. The number of alkyl halides is 2. The molecule has 1 heterocycles. The van der Waals surface area contributed by atoms with Gasteiger partial charge in [0.05, 0.1) is 18.8 Å². The number of nitrogens with zero attached hydrogens (tertiary/aromatic N) is 2. The molecule has 0 fully saturated rings. The molecule has 0 atom stereocenters. The molecule has 0 amide bonds. The van der Waals surface area contributed by atoms with Gasteiger partial charge in [-0.1, -0.05) is 6.92 Å². The van der Waals surface area contributed by atoms with Crippen LogP contribution in [0.3, 0.4) is 0 Å². The first-order valence-electron chi connectivity index (χ1n) is 9.00. The minimum Gasteiger partial charge on any atom is -0.493 e. The molecule has 0 spiro atoms. The van der Waals surface area contributed by atoms with E-state index in [4.69, 9.17) is 9.15 Å². The third-order valence-corrected chi connectivity index (χ3v) is 3.88. The van der Waals surface area contributed by atoms with Crippen molar-refractivity contribution in [3.8, 4) is 11.5 Å². The van der Waals surface area contributed by atoms with Gasteiger partial charge in [-0.05, 0) is 32.4 Å². The number of hydrogen-bond acceptors (Lipinski definition) is 5. The Balaban J connectivity index is 1.99. The summed E-state index contributed by atoms with van der Waals surface area (Å²) in [5.74, 6) is 2.32. The molecular formula is C19H26F2N4O3. The predicted octanol–water partition coefficient (Wildman–Crippen LogP) is 3.55. The number of halogens is 2. The van der Waals surface area contributed by atoms with Crippen molar-refractivity contribution in [2.24, 2.45) is 4.99 Å². The first-order valence-corrected chi connectivity index (χ1v) is 9.00. The smallest absolute Gasteiger partial charge is 0.387 e. The van der Waals surface area contributed by atoms with Gasteiger partial charge in [0, 0.05) is 25.2 Å². The first-order chi connectivity index (χ1) is 13.4. The van der Waals surface area contributed by atoms with E-state index in [1.165, 1.54) is 6.07 Å². The molecule has 0 unspecified atom stereocenters. The lowest BCUT2D eigenvalue weighted by Gasteiger charge is -2.15. The average molecular weight is 396 g/mol. The molecule has 0 aliphatic rings. The van der Waals surface area contributed by atoms with Crippen molar-refractivity contribution in [2.75, 3.05) is 13.7 Å². The normalized spacial score (nSPS) is 11.6. The Labute approximate surface area is 163 Å². The van der Waals surface area contributed by atoms with E-state index in [1.807, 2.05) is 20.8 Å². The van der Waals surface area contributed by atoms with E-state index in [-0.39, 0.29) is 12.3 Å². The van der Waals surface area contributed by atoms with Gasteiger partial charge >= 0.3 is 6.61 Å². The second kappa shape index (κ2) is 10.5. The maximum absolute atomic E-state index is 12.8. The molecule has 2 aromatic rings. The number of benzene rings is 1. The topological polar surface area (TPSA) is 80.9 Å². The van der Waals surface area contributed by atoms with Crippen molar-refractivity contribution in [3.05, 3.63) is 41.1 Å². The molecular weight excluding hydrogens is 370 g/mol. The van der Waals surface area contributed by atoms with Crippen molar-refractivity contribution in [2.45, 2.75) is 46.9 Å². The summed E-state index contributed by atoms with van der Waals surface area (Å²) in [4.78, 5) is 8.39. The number of ether oxygens (including phenoxy) is 2. The standard InChI is InChI=1S/C19H26F2N4O3/c1-5-8-26-15-7-6-14(16(9-15)28-18(20)21)10-23-19(22-4)24-11-17-25-12(2)13(3)27-17/h6-7,9,18H,5,8,10-11H2,1-4H3,(H2,22,23,24). The fraction of sp³-hybridized carbons (Fsp3) is 0.474. The quantitative estimate of drug-likeness (QED) is 0.498. The summed E-state index contributed by atoms with van der Waals surface area (Å²) in [5, 5.41) is 6.12. The Morgan fingerprint density at radius 3 is 2.61 bits per heavy atom. The number of aliphatic imine (C=N–C) groups is 1. The van der Waals surface area contributed by atoms with Crippen LogP contribution in [0, 0.1) is 13.8 Å². The lowest BCUT2D eigenvalue weighted by molar-refractivity contribution is -0.0505. The molecule has 2 rings (SSSR count). The zero-order valence-corrected chi connectivity index (χ0v) is 16.5. The Kier molecular flexibility index (Phi) is 8.03. The summed E-state index contributed by atoms with van der Waals surface area (Å²) in [5.41, 5.74) is 1.38. The number of oxazole rings is 1. The summed E-state index contributed by atoms with van der Waals surface area (Å²) in [6, 6.07) is 4.87. The second-order valence-corrected chi connectivity index (χ2v) is 6.03. The number of rotatable bonds is 9. The van der Waals surface area contributed by atoms with Gasteiger partial charge < -0.3 is 24.5 Å². The van der Waals surface area contributed by atoms with E-state index in [0.717, 1.165) is 17.9 Å². The summed E-state index contributed by atoms with van der Waals surface area (Å²) >= 11 is 0. The Hall–Kier alpha value is -2.84. The number of hydrogen-bond donors (Lipinski definition) is 2. The maximum Gasteiger partial charge on any atom is 0.387 e. The number of aryl methyl sites for hydroxylation is 2. The molecule has 0 saturated heterocycles. The fourth-order valence-electron chi connectivity index (χ4n) is 2.37. The van der Waals surface area contributed by atoms with E-state index >= 15 is 0 Å². The largest absolute Gasteiger partial charge is 0.493 e. The molecule has 2 N–H and O–H groups in total. The highest BCUT2D eigenvalue weighted by molar-refractivity contribution is 5.79. The molecule has 1 aromatic carbocycles. The molecule has 0 aliphatic carbocycles. The predicted molar refractivity (Wildman–Crippen MR) is 102 cm³/mol. The van der Waals surface area contributed by atoms with E-state index in [1.54, 1.807) is 19.2 Å². The Morgan fingerprint density at radius 1 is 1.25 bits per heavy atom. The van der Waals surface area contributed by atoms with Gasteiger partial charge in [0.25, 0.3) is 0 Å². The Morgan fingerprint density at radius 2 is 2.00 bits per heavy atom. The van der Waals surface area contributed by atoms with Gasteiger partial charge in [-0.3, -0.25) is 4.99 Å². The molecule has 0 saturated carbocycles. The second-order valence-electron chi connectivity index (χ2n) is 6.03. The highest BCUT2D eigenvalue weighted by Crippen LogP contribution is 2.26. The van der Waals surface area contributed by atoms with Gasteiger partial charge in [0.1, 0.15) is 17.3 Å². The lowest BCUT2D eigenvalue weighted by Crippen LogP contribution is -2.36. The molecule has 0 aliphatic heterocycles. The maximum atomic E-state index is 12.8. The molecule has 28 heavy (non-hydrogen) atoms.